The smallest absolute Gasteiger partial charge is 0.238 e. The Labute approximate surface area is 194 Å². The van der Waals surface area contributed by atoms with Gasteiger partial charge in [0.15, 0.2) is 0 Å². The molecular weight excluding hydrogens is 430 g/mol. The summed E-state index contributed by atoms with van der Waals surface area (Å²) in [5.41, 5.74) is 3.41. The molecule has 0 aromatic heterocycles. The number of aryl methyl sites for hydroxylation is 2. The fraction of sp³-hybridized carbons (Fsp3) is 0.417. The van der Waals surface area contributed by atoms with Crippen molar-refractivity contribution in [3.8, 4) is 11.5 Å². The number of para-hydroxylation sites is 1. The van der Waals surface area contributed by atoms with Crippen molar-refractivity contribution in [2.24, 2.45) is 0 Å². The van der Waals surface area contributed by atoms with Crippen LogP contribution in [-0.4, -0.2) is 50.1 Å². The lowest BCUT2D eigenvalue weighted by molar-refractivity contribution is -0.119. The third kappa shape index (κ3) is 6.14. The number of halogens is 1. The number of rotatable bonds is 10. The number of hydrogen-bond donors (Lipinski definition) is 2. The zero-order valence-electron chi connectivity index (χ0n) is 19.0. The highest BCUT2D eigenvalue weighted by Crippen LogP contribution is 2.36. The normalized spacial score (nSPS) is 13.1. The molecule has 1 aliphatic rings. The predicted molar refractivity (Wildman–Crippen MR) is 127 cm³/mol. The van der Waals surface area contributed by atoms with Crippen LogP contribution in [-0.2, 0) is 9.59 Å². The van der Waals surface area contributed by atoms with E-state index >= 15 is 0 Å². The van der Waals surface area contributed by atoms with Gasteiger partial charge in [0.2, 0.25) is 11.8 Å². The van der Waals surface area contributed by atoms with E-state index in [2.05, 4.69) is 15.5 Å². The molecule has 0 heterocycles. The third-order valence-electron chi connectivity index (χ3n) is 5.53. The maximum Gasteiger partial charge on any atom is 0.238 e. The molecule has 7 nitrogen and oxygen atoms in total. The fourth-order valence-electron chi connectivity index (χ4n) is 3.62. The largest absolute Gasteiger partial charge is 0.495 e. The first kappa shape index (κ1) is 23.9. The minimum absolute atomic E-state index is 0.0705. The maximum absolute atomic E-state index is 12.7. The highest BCUT2D eigenvalue weighted by Gasteiger charge is 2.30. The zero-order valence-corrected chi connectivity index (χ0v) is 19.7. The lowest BCUT2D eigenvalue weighted by Gasteiger charge is -2.22. The molecule has 0 radical (unpaired) electrons. The van der Waals surface area contributed by atoms with Gasteiger partial charge in [0, 0.05) is 36.8 Å². The summed E-state index contributed by atoms with van der Waals surface area (Å²) in [5.74, 6) is 0.661. The molecule has 172 valence electrons. The van der Waals surface area contributed by atoms with Crippen molar-refractivity contribution < 1.29 is 19.1 Å². The van der Waals surface area contributed by atoms with Gasteiger partial charge in [-0.1, -0.05) is 29.8 Å². The van der Waals surface area contributed by atoms with E-state index in [4.69, 9.17) is 21.1 Å². The molecule has 2 aromatic rings. The van der Waals surface area contributed by atoms with Crippen LogP contribution in [0, 0.1) is 13.8 Å². The fourth-order valence-corrected chi connectivity index (χ4v) is 3.85. The number of ether oxygens (including phenoxy) is 2. The molecule has 2 N–H and O–H groups in total. The van der Waals surface area contributed by atoms with Crippen LogP contribution in [0.4, 0.5) is 11.4 Å². The summed E-state index contributed by atoms with van der Waals surface area (Å²) in [6, 6.07) is 9.51. The van der Waals surface area contributed by atoms with E-state index in [1.807, 2.05) is 32.0 Å². The second kappa shape index (κ2) is 10.7. The summed E-state index contributed by atoms with van der Waals surface area (Å²) in [6.07, 6.45) is 2.34. The van der Waals surface area contributed by atoms with Gasteiger partial charge in [0.1, 0.15) is 11.5 Å². The molecule has 0 saturated heterocycles. The Balaban J connectivity index is 1.58. The number of hydrogen-bond acceptors (Lipinski definition) is 5. The van der Waals surface area contributed by atoms with Crippen LogP contribution in [0.5, 0.6) is 11.5 Å². The van der Waals surface area contributed by atoms with Crippen LogP contribution in [0.15, 0.2) is 30.3 Å². The highest BCUT2D eigenvalue weighted by atomic mass is 35.5. The van der Waals surface area contributed by atoms with Gasteiger partial charge in [-0.05, 0) is 37.8 Å². The van der Waals surface area contributed by atoms with E-state index < -0.39 is 0 Å². The number of benzene rings is 2. The molecule has 1 saturated carbocycles. The Kier molecular flexibility index (Phi) is 7.99. The van der Waals surface area contributed by atoms with Crippen molar-refractivity contribution in [3.63, 3.8) is 0 Å². The van der Waals surface area contributed by atoms with Gasteiger partial charge in [-0.15, -0.1) is 0 Å². The molecule has 2 aromatic carbocycles. The second-order valence-corrected chi connectivity index (χ2v) is 8.41. The average Bonchev–Trinajstić information content (AvgIpc) is 3.60. The number of methoxy groups -OCH3 is 2. The summed E-state index contributed by atoms with van der Waals surface area (Å²) in [7, 11) is 3.02. The van der Waals surface area contributed by atoms with Crippen molar-refractivity contribution in [1.82, 2.24) is 4.90 Å². The molecule has 1 fully saturated rings. The molecule has 0 aliphatic heterocycles. The topological polar surface area (TPSA) is 79.9 Å². The molecule has 0 unspecified atom stereocenters. The van der Waals surface area contributed by atoms with Crippen molar-refractivity contribution in [1.29, 1.82) is 0 Å². The van der Waals surface area contributed by atoms with Crippen LogP contribution < -0.4 is 20.1 Å². The van der Waals surface area contributed by atoms with E-state index in [0.29, 0.717) is 34.8 Å². The summed E-state index contributed by atoms with van der Waals surface area (Å²) in [4.78, 5) is 27.4. The number of amides is 2. The van der Waals surface area contributed by atoms with Crippen molar-refractivity contribution in [3.05, 3.63) is 46.5 Å². The SMILES string of the molecule is COc1cc(NC(=O)CCN(CC(=O)Nc2c(C)cccc2C)C2CC2)c(OC)cc1Cl. The third-order valence-corrected chi connectivity index (χ3v) is 5.82. The summed E-state index contributed by atoms with van der Waals surface area (Å²) < 4.78 is 10.5. The number of carbonyl (C=O) groups is 2. The summed E-state index contributed by atoms with van der Waals surface area (Å²) in [6.45, 7) is 4.70. The van der Waals surface area contributed by atoms with E-state index in [1.165, 1.54) is 14.2 Å². The lowest BCUT2D eigenvalue weighted by Crippen LogP contribution is -2.37. The summed E-state index contributed by atoms with van der Waals surface area (Å²) in [5, 5.41) is 6.28. The van der Waals surface area contributed by atoms with Gasteiger partial charge >= 0.3 is 0 Å². The average molecular weight is 460 g/mol. The number of nitrogens with zero attached hydrogens (tertiary/aromatic N) is 1. The first-order valence-electron chi connectivity index (χ1n) is 10.6. The van der Waals surface area contributed by atoms with Crippen LogP contribution in [0.1, 0.15) is 30.4 Å². The predicted octanol–water partition coefficient (Wildman–Crippen LogP) is 4.41. The maximum atomic E-state index is 12.7. The molecule has 8 heteroatoms. The number of anilines is 2. The highest BCUT2D eigenvalue weighted by molar-refractivity contribution is 6.32. The van der Waals surface area contributed by atoms with Gasteiger partial charge in [-0.25, -0.2) is 0 Å². The van der Waals surface area contributed by atoms with Crippen LogP contribution in [0.25, 0.3) is 0 Å². The molecule has 0 atom stereocenters. The second-order valence-electron chi connectivity index (χ2n) is 8.00. The molecule has 1 aliphatic carbocycles. The van der Waals surface area contributed by atoms with Crippen LogP contribution in [0.2, 0.25) is 5.02 Å². The van der Waals surface area contributed by atoms with Gasteiger partial charge in [-0.2, -0.15) is 0 Å². The number of nitrogens with one attached hydrogen (secondary N) is 2. The molecule has 3 rings (SSSR count). The van der Waals surface area contributed by atoms with Gasteiger partial charge in [0.25, 0.3) is 0 Å². The van der Waals surface area contributed by atoms with Crippen LogP contribution in [0.3, 0.4) is 0 Å². The van der Waals surface area contributed by atoms with Crippen LogP contribution >= 0.6 is 11.6 Å². The lowest BCUT2D eigenvalue weighted by atomic mass is 10.1. The minimum atomic E-state index is -0.173. The zero-order chi connectivity index (χ0) is 23.3. The van der Waals surface area contributed by atoms with Crippen molar-refractivity contribution in [2.45, 2.75) is 39.2 Å². The Morgan fingerprint density at radius 1 is 1.03 bits per heavy atom. The molecule has 0 spiro atoms. The first-order valence-corrected chi connectivity index (χ1v) is 11.0. The van der Waals surface area contributed by atoms with E-state index in [1.54, 1.807) is 12.1 Å². The van der Waals surface area contributed by atoms with Gasteiger partial charge in [0.05, 0.1) is 31.5 Å². The van der Waals surface area contributed by atoms with Gasteiger partial charge < -0.3 is 20.1 Å². The molecular formula is C24H30ClN3O4. The quantitative estimate of drug-likeness (QED) is 0.550. The van der Waals surface area contributed by atoms with E-state index in [9.17, 15) is 9.59 Å². The standard InChI is InChI=1S/C24H30ClN3O4/c1-15-6-5-7-16(2)24(15)27-23(30)14-28(17-8-9-17)11-10-22(29)26-19-13-20(31-3)18(25)12-21(19)32-4/h5-7,12-13,17H,8-11,14H2,1-4H3,(H,26,29)(H,27,30). The Morgan fingerprint density at radius 2 is 1.69 bits per heavy atom. The van der Waals surface area contributed by atoms with E-state index in [-0.39, 0.29) is 24.8 Å². The monoisotopic (exact) mass is 459 g/mol. The Bertz CT molecular complexity index is 971. The molecule has 32 heavy (non-hydrogen) atoms. The van der Waals surface area contributed by atoms with Crippen molar-refractivity contribution in [2.75, 3.05) is 37.9 Å². The Morgan fingerprint density at radius 3 is 2.28 bits per heavy atom. The van der Waals surface area contributed by atoms with Gasteiger partial charge in [-0.3, -0.25) is 14.5 Å². The van der Waals surface area contributed by atoms with E-state index in [0.717, 1.165) is 29.7 Å². The number of carbonyl (C=O) groups excluding carboxylic acids is 2. The summed E-state index contributed by atoms with van der Waals surface area (Å²) >= 11 is 6.12. The first-order chi connectivity index (χ1) is 15.3. The Hall–Kier alpha value is -2.77. The van der Waals surface area contributed by atoms with Crippen molar-refractivity contribution >= 4 is 34.8 Å². The molecule has 0 bridgehead atoms. The molecule has 2 amide bonds. The minimum Gasteiger partial charge on any atom is -0.495 e.